The van der Waals surface area contributed by atoms with Crippen molar-refractivity contribution in [3.8, 4) is 0 Å². The van der Waals surface area contributed by atoms with Gasteiger partial charge in [-0.05, 0) is 54.6 Å². The summed E-state index contributed by atoms with van der Waals surface area (Å²) in [6.07, 6.45) is 1.70. The summed E-state index contributed by atoms with van der Waals surface area (Å²) in [6, 6.07) is 17.1. The molecule has 0 spiro atoms. The molecule has 3 aromatic rings. The van der Waals surface area contributed by atoms with Crippen molar-refractivity contribution in [2.75, 3.05) is 0 Å². The van der Waals surface area contributed by atoms with Gasteiger partial charge >= 0.3 is 5.91 Å². The molecule has 1 fully saturated rings. The summed E-state index contributed by atoms with van der Waals surface area (Å²) in [5.74, 6) is -0.763. The van der Waals surface area contributed by atoms with Crippen LogP contribution in [0.5, 0.6) is 0 Å². The van der Waals surface area contributed by atoms with Crippen molar-refractivity contribution >= 4 is 64.4 Å². The van der Waals surface area contributed by atoms with Crippen LogP contribution in [0.3, 0.4) is 0 Å². The van der Waals surface area contributed by atoms with Crippen LogP contribution in [0, 0.1) is 0 Å². The standard InChI is InChI=1S/C23H15Cl4N3O2/c24-16-6-1-13(2-7-16)21-20(28-22(31)14-3-8-17(25)9-4-14)23(32)29-30(21)12-15-5-10-18(26)11-19(15)27/h1-12,20-21H,(H-,28,29,31,32)/p+1/b30-12-/t20-,21-/m1/s1. The van der Waals surface area contributed by atoms with Crippen molar-refractivity contribution in [2.45, 2.75) is 12.1 Å². The largest absolute Gasteiger partial charge is 0.334 e. The molecule has 5 nitrogen and oxygen atoms in total. The minimum absolute atomic E-state index is 0.367. The summed E-state index contributed by atoms with van der Waals surface area (Å²) < 4.78 is 1.62. The number of carbonyl (C=O) groups excluding carboxylic acids is 2. The Labute approximate surface area is 204 Å². The molecule has 4 rings (SSSR count). The lowest BCUT2D eigenvalue weighted by Crippen LogP contribution is -2.42. The van der Waals surface area contributed by atoms with Crippen molar-refractivity contribution in [1.82, 2.24) is 10.7 Å². The van der Waals surface area contributed by atoms with Crippen LogP contribution in [0.25, 0.3) is 0 Å². The van der Waals surface area contributed by atoms with Crippen LogP contribution in [0.15, 0.2) is 66.7 Å². The van der Waals surface area contributed by atoms with Gasteiger partial charge in [0, 0.05) is 26.2 Å². The average Bonchev–Trinajstić information content (AvgIpc) is 3.06. The van der Waals surface area contributed by atoms with E-state index in [4.69, 9.17) is 46.4 Å². The van der Waals surface area contributed by atoms with Gasteiger partial charge in [-0.25, -0.2) is 0 Å². The molecule has 9 heteroatoms. The predicted molar refractivity (Wildman–Crippen MR) is 127 cm³/mol. The van der Waals surface area contributed by atoms with Crippen LogP contribution in [-0.4, -0.2) is 28.8 Å². The van der Waals surface area contributed by atoms with E-state index in [-0.39, 0.29) is 5.91 Å². The Morgan fingerprint density at radius 3 is 2.09 bits per heavy atom. The summed E-state index contributed by atoms with van der Waals surface area (Å²) in [5, 5.41) is 4.82. The van der Waals surface area contributed by atoms with E-state index in [1.807, 2.05) is 0 Å². The molecule has 2 N–H and O–H groups in total. The Morgan fingerprint density at radius 2 is 1.47 bits per heavy atom. The van der Waals surface area contributed by atoms with Crippen molar-refractivity contribution < 1.29 is 14.3 Å². The first kappa shape index (κ1) is 22.6. The molecule has 0 aromatic heterocycles. The van der Waals surface area contributed by atoms with E-state index in [1.165, 1.54) is 0 Å². The zero-order chi connectivity index (χ0) is 22.8. The first-order valence-corrected chi connectivity index (χ1v) is 11.0. The van der Waals surface area contributed by atoms with Gasteiger partial charge in [-0.1, -0.05) is 58.5 Å². The first-order valence-electron chi connectivity index (χ1n) is 9.52. The third kappa shape index (κ3) is 4.92. The molecular formula is C23H16Cl4N3O2+. The van der Waals surface area contributed by atoms with Crippen LogP contribution < -0.4 is 10.7 Å². The monoisotopic (exact) mass is 506 g/mol. The Morgan fingerprint density at radius 1 is 0.875 bits per heavy atom. The lowest BCUT2D eigenvalue weighted by Gasteiger charge is -2.15. The van der Waals surface area contributed by atoms with Crippen LogP contribution in [-0.2, 0) is 4.79 Å². The topological polar surface area (TPSA) is 61.2 Å². The lowest BCUT2D eigenvalue weighted by molar-refractivity contribution is -0.596. The summed E-state index contributed by atoms with van der Waals surface area (Å²) >= 11 is 24.3. The molecule has 1 saturated heterocycles. The minimum atomic E-state index is -0.873. The van der Waals surface area contributed by atoms with Crippen LogP contribution >= 0.6 is 46.4 Å². The van der Waals surface area contributed by atoms with Gasteiger partial charge in [-0.15, -0.1) is 10.1 Å². The van der Waals surface area contributed by atoms with E-state index in [2.05, 4.69) is 10.7 Å². The summed E-state index contributed by atoms with van der Waals surface area (Å²) in [6.45, 7) is 0. The molecule has 0 unspecified atom stereocenters. The number of rotatable bonds is 4. The summed E-state index contributed by atoms with van der Waals surface area (Å²) in [5.41, 5.74) is 4.62. The van der Waals surface area contributed by atoms with E-state index in [0.29, 0.717) is 31.2 Å². The Hall–Kier alpha value is -2.57. The quantitative estimate of drug-likeness (QED) is 0.469. The molecule has 1 heterocycles. The SMILES string of the molecule is O=C(N[C@H]1C(=O)N/[N+](=C\c2ccc(Cl)cc2Cl)[C@@H]1c1ccc(Cl)cc1)c1ccc(Cl)cc1. The number of hydrogen-bond acceptors (Lipinski definition) is 2. The van der Waals surface area contributed by atoms with E-state index >= 15 is 0 Å². The highest BCUT2D eigenvalue weighted by Gasteiger charge is 2.47. The van der Waals surface area contributed by atoms with Crippen LogP contribution in [0.1, 0.15) is 27.5 Å². The molecule has 0 bridgehead atoms. The average molecular weight is 508 g/mol. The zero-order valence-corrected chi connectivity index (χ0v) is 19.4. The second-order valence-electron chi connectivity index (χ2n) is 7.13. The molecule has 162 valence electrons. The molecule has 0 radical (unpaired) electrons. The Bertz CT molecular complexity index is 1210. The maximum Gasteiger partial charge on any atom is 0.304 e. The summed E-state index contributed by atoms with van der Waals surface area (Å²) in [4.78, 5) is 25.7. The fourth-order valence-corrected chi connectivity index (χ4v) is 4.13. The van der Waals surface area contributed by atoms with Gasteiger partial charge in [0.15, 0.2) is 6.04 Å². The number of benzene rings is 3. The molecule has 0 saturated carbocycles. The van der Waals surface area contributed by atoms with E-state index in [1.54, 1.807) is 77.6 Å². The van der Waals surface area contributed by atoms with E-state index in [0.717, 1.165) is 5.56 Å². The minimum Gasteiger partial charge on any atom is -0.334 e. The van der Waals surface area contributed by atoms with E-state index in [9.17, 15) is 9.59 Å². The summed E-state index contributed by atoms with van der Waals surface area (Å²) in [7, 11) is 0. The number of nitrogens with zero attached hydrogens (tertiary/aromatic N) is 1. The lowest BCUT2D eigenvalue weighted by atomic mass is 10.00. The second-order valence-corrected chi connectivity index (χ2v) is 8.85. The molecule has 2 amide bonds. The molecule has 2 atom stereocenters. The van der Waals surface area contributed by atoms with Crippen molar-refractivity contribution in [3.05, 3.63) is 104 Å². The maximum absolute atomic E-state index is 12.9. The van der Waals surface area contributed by atoms with Crippen LogP contribution in [0.2, 0.25) is 20.1 Å². The van der Waals surface area contributed by atoms with Gasteiger partial charge in [-0.2, -0.15) is 0 Å². The molecule has 1 aliphatic heterocycles. The second kappa shape index (κ2) is 9.51. The van der Waals surface area contributed by atoms with Gasteiger partial charge in [0.25, 0.3) is 5.91 Å². The van der Waals surface area contributed by atoms with Gasteiger partial charge < -0.3 is 5.32 Å². The number of halogens is 4. The van der Waals surface area contributed by atoms with E-state index < -0.39 is 18.0 Å². The van der Waals surface area contributed by atoms with Gasteiger partial charge in [-0.3, -0.25) is 9.59 Å². The Balaban J connectivity index is 1.72. The highest BCUT2D eigenvalue weighted by atomic mass is 35.5. The fraction of sp³-hybridized carbons (Fsp3) is 0.0870. The number of carbonyl (C=O) groups is 2. The van der Waals surface area contributed by atoms with Gasteiger partial charge in [0.05, 0.1) is 10.6 Å². The number of hydrazine groups is 1. The molecular weight excluding hydrogens is 492 g/mol. The third-order valence-corrected chi connectivity index (χ3v) is 6.05. The van der Waals surface area contributed by atoms with Crippen molar-refractivity contribution in [3.63, 3.8) is 0 Å². The maximum atomic E-state index is 12.9. The fourth-order valence-electron chi connectivity index (χ4n) is 3.42. The predicted octanol–water partition coefficient (Wildman–Crippen LogP) is 5.32. The van der Waals surface area contributed by atoms with Gasteiger partial charge in [0.2, 0.25) is 12.3 Å². The molecule has 1 aliphatic rings. The number of amides is 2. The normalized spacial score (nSPS) is 19.1. The number of nitrogens with one attached hydrogen (secondary N) is 2. The third-order valence-electron chi connectivity index (χ3n) is 4.98. The zero-order valence-electron chi connectivity index (χ0n) is 16.4. The number of hydrogen-bond donors (Lipinski definition) is 2. The smallest absolute Gasteiger partial charge is 0.304 e. The van der Waals surface area contributed by atoms with Crippen LogP contribution in [0.4, 0.5) is 0 Å². The highest BCUT2D eigenvalue weighted by Crippen LogP contribution is 2.28. The van der Waals surface area contributed by atoms with Crippen molar-refractivity contribution in [2.24, 2.45) is 0 Å². The highest BCUT2D eigenvalue weighted by molar-refractivity contribution is 6.36. The first-order chi connectivity index (χ1) is 15.3. The molecule has 3 aromatic carbocycles. The Kier molecular flexibility index (Phi) is 6.72. The molecule has 0 aliphatic carbocycles. The van der Waals surface area contributed by atoms with Crippen molar-refractivity contribution in [1.29, 1.82) is 0 Å². The number of hydrazone groups is 1. The van der Waals surface area contributed by atoms with Gasteiger partial charge in [0.1, 0.15) is 0 Å². The molecule has 32 heavy (non-hydrogen) atoms.